The van der Waals surface area contributed by atoms with Crippen molar-refractivity contribution in [2.45, 2.75) is 100 Å². The van der Waals surface area contributed by atoms with Gasteiger partial charge < -0.3 is 71.1 Å². The van der Waals surface area contributed by atoms with Crippen LogP contribution in [0.5, 0.6) is 23.0 Å². The minimum absolute atomic E-state index is 0.147. The molecule has 0 aliphatic carbocycles. The first-order chi connectivity index (χ1) is 39.9. The summed E-state index contributed by atoms with van der Waals surface area (Å²) in [6.07, 6.45) is -9.98. The molecule has 4 fully saturated rings. The Hall–Kier alpha value is -6.96. The van der Waals surface area contributed by atoms with Crippen LogP contribution in [0.25, 0.3) is 21.5 Å². The van der Waals surface area contributed by atoms with Crippen molar-refractivity contribution in [3.63, 3.8) is 0 Å². The molecule has 15 heteroatoms. The molecule has 0 unspecified atom stereocenters. The molecule has 12 rings (SSSR count). The van der Waals surface area contributed by atoms with Gasteiger partial charge in [0.25, 0.3) is 0 Å². The van der Waals surface area contributed by atoms with Crippen LogP contribution in [0.1, 0.15) is 46.0 Å². The smallest absolute Gasteiger partial charge is 0.190 e. The van der Waals surface area contributed by atoms with Gasteiger partial charge in [-0.3, -0.25) is 0 Å². The van der Waals surface area contributed by atoms with Crippen LogP contribution in [0.4, 0.5) is 0 Å². The normalized spacial score (nSPS) is 26.3. The van der Waals surface area contributed by atoms with Crippen molar-refractivity contribution in [1.82, 2.24) is 0 Å². The summed E-state index contributed by atoms with van der Waals surface area (Å²) in [6, 6.07) is 59.8. The molecule has 4 saturated heterocycles. The highest BCUT2D eigenvalue weighted by molar-refractivity contribution is 5.83. The predicted octanol–water partition coefficient (Wildman–Crippen LogP) is 11.4. The van der Waals surface area contributed by atoms with E-state index in [1.165, 1.54) is 0 Å². The monoisotopic (exact) mass is 1100 g/mol. The van der Waals surface area contributed by atoms with Crippen molar-refractivity contribution in [2.75, 3.05) is 41.7 Å². The number of hydrogen-bond donors (Lipinski definition) is 0. The van der Waals surface area contributed by atoms with Gasteiger partial charge in [0.1, 0.15) is 71.8 Å². The highest BCUT2D eigenvalue weighted by Gasteiger charge is 2.57. The number of ether oxygens (including phenoxy) is 15. The van der Waals surface area contributed by atoms with Crippen molar-refractivity contribution < 1.29 is 71.1 Å². The van der Waals surface area contributed by atoms with Crippen LogP contribution in [0.15, 0.2) is 182 Å². The van der Waals surface area contributed by atoms with E-state index in [-0.39, 0.29) is 39.6 Å². The molecule has 12 atom stereocenters. The van der Waals surface area contributed by atoms with Crippen LogP contribution in [0.2, 0.25) is 0 Å². The number of rotatable bonds is 20. The van der Waals surface area contributed by atoms with E-state index in [4.69, 9.17) is 71.1 Å². The third-order valence-electron chi connectivity index (χ3n) is 15.3. The summed E-state index contributed by atoms with van der Waals surface area (Å²) in [5.74, 6) is 2.90. The number of hydrogen-bond acceptors (Lipinski definition) is 15. The van der Waals surface area contributed by atoms with Gasteiger partial charge in [0, 0.05) is 11.1 Å². The van der Waals surface area contributed by atoms with Gasteiger partial charge in [-0.25, -0.2) is 0 Å². The van der Waals surface area contributed by atoms with Gasteiger partial charge in [0.05, 0.1) is 68.1 Å². The van der Waals surface area contributed by atoms with Gasteiger partial charge in [0.15, 0.2) is 25.2 Å². The van der Waals surface area contributed by atoms with Crippen LogP contribution in [-0.2, 0) is 78.5 Å². The van der Waals surface area contributed by atoms with Crippen molar-refractivity contribution >= 4 is 21.5 Å². The molecule has 0 spiro atoms. The molecule has 4 heterocycles. The van der Waals surface area contributed by atoms with Gasteiger partial charge in [0.2, 0.25) is 0 Å². The molecule has 4 aliphatic rings. The fourth-order valence-electron chi connectivity index (χ4n) is 10.9. The minimum atomic E-state index is -1.15. The Morgan fingerprint density at radius 2 is 0.667 bits per heavy atom. The molecule has 81 heavy (non-hydrogen) atoms. The minimum Gasteiger partial charge on any atom is -0.497 e. The maximum atomic E-state index is 7.30. The Bertz CT molecular complexity index is 3080. The first kappa shape index (κ1) is 54.6. The lowest BCUT2D eigenvalue weighted by atomic mass is 9.95. The molecule has 15 nitrogen and oxygen atoms in total. The molecular weight excluding hydrogens is 1030 g/mol. The SMILES string of the molecule is COc1ccc(CO[C@@H]2[C@@H](OCc3ccc(OC)cc3)[C@@H](O[C@H]3O[C@@H]4CO[C@@H](c5ccc6ccccc6c5)O[C@H]4[C@H](OCc4ccc(OC)cc4)[C@H]3OCc3ccc(OC)cc3)O[C@@H]3CO[C@@H](c4ccc5ccccc5c4)O[C@@H]23)cc1. The lowest BCUT2D eigenvalue weighted by Gasteiger charge is -2.52. The summed E-state index contributed by atoms with van der Waals surface area (Å²) in [6.45, 7) is 0.999. The zero-order chi connectivity index (χ0) is 55.1. The highest BCUT2D eigenvalue weighted by Crippen LogP contribution is 2.42. The van der Waals surface area contributed by atoms with E-state index >= 15 is 0 Å². The summed E-state index contributed by atoms with van der Waals surface area (Å²) in [7, 11) is 6.56. The van der Waals surface area contributed by atoms with Gasteiger partial charge in [-0.1, -0.05) is 121 Å². The van der Waals surface area contributed by atoms with Crippen molar-refractivity contribution in [2.24, 2.45) is 0 Å². The van der Waals surface area contributed by atoms with E-state index in [1.807, 2.05) is 133 Å². The summed E-state index contributed by atoms with van der Waals surface area (Å²) >= 11 is 0. The summed E-state index contributed by atoms with van der Waals surface area (Å²) < 4.78 is 99.0. The van der Waals surface area contributed by atoms with Crippen LogP contribution in [0.3, 0.4) is 0 Å². The maximum absolute atomic E-state index is 7.30. The van der Waals surface area contributed by atoms with Crippen molar-refractivity contribution in [1.29, 1.82) is 0 Å². The first-order valence-electron chi connectivity index (χ1n) is 27.3. The maximum Gasteiger partial charge on any atom is 0.190 e. The summed E-state index contributed by atoms with van der Waals surface area (Å²) in [5.41, 5.74) is 5.31. The topological polar surface area (TPSA) is 138 Å². The second-order valence-electron chi connectivity index (χ2n) is 20.5. The lowest BCUT2D eigenvalue weighted by Crippen LogP contribution is -2.67. The summed E-state index contributed by atoms with van der Waals surface area (Å²) in [5, 5.41) is 4.34. The van der Waals surface area contributed by atoms with Crippen LogP contribution < -0.4 is 18.9 Å². The quantitative estimate of drug-likeness (QED) is 0.0715. The van der Waals surface area contributed by atoms with Crippen molar-refractivity contribution in [3.8, 4) is 23.0 Å². The molecule has 0 N–H and O–H groups in total. The molecular formula is C66H66O15. The van der Waals surface area contributed by atoms with Crippen LogP contribution >= 0.6 is 0 Å². The summed E-state index contributed by atoms with van der Waals surface area (Å²) in [4.78, 5) is 0. The molecule has 8 aromatic rings. The van der Waals surface area contributed by atoms with E-state index in [0.717, 1.165) is 77.9 Å². The van der Waals surface area contributed by atoms with Gasteiger partial charge in [-0.05, 0) is 104 Å². The second kappa shape index (κ2) is 25.5. The molecule has 0 aromatic heterocycles. The number of benzene rings is 8. The fraction of sp³-hybridized carbons (Fsp3) is 0.333. The largest absolute Gasteiger partial charge is 0.497 e. The third kappa shape index (κ3) is 12.6. The van der Waals surface area contributed by atoms with Gasteiger partial charge in [-0.2, -0.15) is 0 Å². The Morgan fingerprint density at radius 3 is 1.00 bits per heavy atom. The molecule has 0 amide bonds. The Balaban J connectivity index is 0.905. The van der Waals surface area contributed by atoms with E-state index in [0.29, 0.717) is 0 Å². The van der Waals surface area contributed by atoms with Crippen LogP contribution in [0, 0.1) is 0 Å². The molecule has 0 radical (unpaired) electrons. The van der Waals surface area contributed by atoms with Crippen molar-refractivity contribution in [3.05, 3.63) is 215 Å². The Morgan fingerprint density at radius 1 is 0.346 bits per heavy atom. The molecule has 8 aromatic carbocycles. The average molecular weight is 1100 g/mol. The fourth-order valence-corrected chi connectivity index (χ4v) is 10.9. The van der Waals surface area contributed by atoms with Crippen LogP contribution in [-0.4, -0.2) is 103 Å². The van der Waals surface area contributed by atoms with E-state index in [1.54, 1.807) is 28.4 Å². The molecule has 4 aliphatic heterocycles. The zero-order valence-electron chi connectivity index (χ0n) is 45.6. The standard InChI is InChI=1S/C66H66O15/c1-67-51-25-13-41(14-26-51)35-71-59-57-55(39-75-63(79-57)49-23-21-45-9-5-7-11-47(45)33-49)77-65(61(59)73-37-43-17-29-53(69-3)30-18-43)81-66-62(74-38-44-19-31-54(70-4)32-20-44)60(72-36-42-15-27-52(68-2)28-16-42)58-56(78-66)40-76-64(80-58)50-24-22-46-10-6-8-12-48(46)34-50/h5-34,55-66H,35-40H2,1-4H3/t55-,56-,57-,58-,59+,60+,61-,62-,63-,64-,65-,66-/m1/s1. The lowest BCUT2D eigenvalue weighted by molar-refractivity contribution is -0.422. The molecule has 0 saturated carbocycles. The number of fused-ring (bicyclic) bond motifs is 4. The predicted molar refractivity (Wildman–Crippen MR) is 300 cm³/mol. The Labute approximate surface area is 471 Å². The first-order valence-corrected chi connectivity index (χ1v) is 27.3. The van der Waals surface area contributed by atoms with E-state index in [2.05, 4.69) is 48.5 Å². The molecule has 420 valence electrons. The molecule has 0 bridgehead atoms. The highest BCUT2D eigenvalue weighted by atomic mass is 16.8. The Kier molecular flexibility index (Phi) is 17.2. The number of methoxy groups -OCH3 is 4. The second-order valence-corrected chi connectivity index (χ2v) is 20.5. The average Bonchev–Trinajstić information content (AvgIpc) is 3.57. The zero-order valence-corrected chi connectivity index (χ0v) is 45.6. The van der Waals surface area contributed by atoms with Gasteiger partial charge in [-0.15, -0.1) is 0 Å². The van der Waals surface area contributed by atoms with E-state index < -0.39 is 74.0 Å². The third-order valence-corrected chi connectivity index (χ3v) is 15.3. The van der Waals surface area contributed by atoms with Gasteiger partial charge >= 0.3 is 0 Å². The van der Waals surface area contributed by atoms with E-state index in [9.17, 15) is 0 Å².